The van der Waals surface area contributed by atoms with Gasteiger partial charge in [0.25, 0.3) is 0 Å². The lowest BCUT2D eigenvalue weighted by Gasteiger charge is -2.19. The molecule has 0 spiro atoms. The highest BCUT2D eigenvalue weighted by molar-refractivity contribution is 7.94. The van der Waals surface area contributed by atoms with Crippen LogP contribution in [0.25, 0.3) is 0 Å². The van der Waals surface area contributed by atoms with E-state index in [-0.39, 0.29) is 5.41 Å². The third-order valence-corrected chi connectivity index (χ3v) is 3.15. The predicted octanol–water partition coefficient (Wildman–Crippen LogP) is 3.64. The fraction of sp³-hybridized carbons (Fsp3) is 0.600. The van der Waals surface area contributed by atoms with E-state index in [0.29, 0.717) is 5.88 Å². The lowest BCUT2D eigenvalue weighted by molar-refractivity contribution is -0.160. The van der Waals surface area contributed by atoms with E-state index in [2.05, 4.69) is 41.7 Å². The van der Waals surface area contributed by atoms with Crippen LogP contribution in [-0.4, -0.2) is 13.0 Å². The molecule has 0 fully saturated rings. The molecule has 0 unspecified atom stereocenters. The Morgan fingerprint density at radius 2 is 2.13 bits per heavy atom. The smallest absolute Gasteiger partial charge is 0.0906 e. The zero-order valence-electron chi connectivity index (χ0n) is 9.49. The second-order valence-corrected chi connectivity index (χ2v) is 5.53. The van der Waals surface area contributed by atoms with Gasteiger partial charge < -0.3 is 5.32 Å². The van der Waals surface area contributed by atoms with Crippen LogP contribution in [0.1, 0.15) is 26.3 Å². The second-order valence-electron chi connectivity index (χ2n) is 4.12. The number of rotatable bonds is 5. The minimum absolute atomic E-state index is 0.176. The molecule has 5 heteroatoms. The molecule has 86 valence electrons. The van der Waals surface area contributed by atoms with Gasteiger partial charge in [0.05, 0.1) is 25.0 Å². The molecule has 0 amide bonds. The fourth-order valence-electron chi connectivity index (χ4n) is 1.19. The van der Waals surface area contributed by atoms with Crippen LogP contribution < -0.4 is 5.32 Å². The van der Waals surface area contributed by atoms with Crippen molar-refractivity contribution in [2.75, 3.05) is 18.3 Å². The van der Waals surface area contributed by atoms with E-state index in [1.165, 1.54) is 30.4 Å². The zero-order valence-corrected chi connectivity index (χ0v) is 11.1. The molecule has 1 aromatic rings. The van der Waals surface area contributed by atoms with Crippen LogP contribution in [-0.2, 0) is 14.6 Å². The van der Waals surface area contributed by atoms with Crippen molar-refractivity contribution >= 4 is 29.1 Å². The molecule has 0 aliphatic carbocycles. The molecule has 0 saturated heterocycles. The molecule has 0 saturated carbocycles. The monoisotopic (exact) mass is 247 g/mol. The van der Waals surface area contributed by atoms with E-state index in [4.69, 9.17) is 4.33 Å². The summed E-state index contributed by atoms with van der Waals surface area (Å²) in [6.07, 6.45) is 0. The van der Waals surface area contributed by atoms with Crippen molar-refractivity contribution in [3.8, 4) is 0 Å². The first-order valence-electron chi connectivity index (χ1n) is 4.68. The van der Waals surface area contributed by atoms with Gasteiger partial charge in [-0.3, -0.25) is 0 Å². The summed E-state index contributed by atoms with van der Waals surface area (Å²) in [7, 11) is 1.50. The maximum absolute atomic E-state index is 4.71. The van der Waals surface area contributed by atoms with Crippen LogP contribution in [0.2, 0.25) is 0 Å². The maximum Gasteiger partial charge on any atom is 0.0906 e. The molecule has 1 aromatic heterocycles. The van der Waals surface area contributed by atoms with Crippen LogP contribution >= 0.6 is 23.4 Å². The number of hydrogen-bond acceptors (Lipinski definition) is 5. The fourth-order valence-corrected chi connectivity index (χ4v) is 2.58. The zero-order chi connectivity index (χ0) is 11.3. The summed E-state index contributed by atoms with van der Waals surface area (Å²) < 4.78 is 4.71. The summed E-state index contributed by atoms with van der Waals surface area (Å²) in [5.74, 6) is 0.674. The van der Waals surface area contributed by atoms with Crippen molar-refractivity contribution in [3.63, 3.8) is 0 Å². The Labute approximate surface area is 99.3 Å². The van der Waals surface area contributed by atoms with Crippen molar-refractivity contribution < 1.29 is 9.22 Å². The van der Waals surface area contributed by atoms with Crippen LogP contribution in [0, 0.1) is 0 Å². The van der Waals surface area contributed by atoms with Gasteiger partial charge in [-0.25, -0.2) is 4.89 Å². The van der Waals surface area contributed by atoms with E-state index in [1.54, 1.807) is 11.3 Å². The van der Waals surface area contributed by atoms with E-state index in [9.17, 15) is 0 Å². The number of thiophene rings is 1. The van der Waals surface area contributed by atoms with E-state index in [0.717, 1.165) is 0 Å². The van der Waals surface area contributed by atoms with Crippen LogP contribution in [0.4, 0.5) is 5.69 Å². The van der Waals surface area contributed by atoms with Crippen LogP contribution in [0.15, 0.2) is 10.8 Å². The van der Waals surface area contributed by atoms with Gasteiger partial charge in [-0.05, 0) is 16.4 Å². The second kappa shape index (κ2) is 5.75. The third-order valence-electron chi connectivity index (χ3n) is 1.91. The average Bonchev–Trinajstić information content (AvgIpc) is 2.59. The first-order chi connectivity index (χ1) is 7.05. The Bertz CT molecular complexity index is 294. The number of anilines is 1. The first kappa shape index (κ1) is 12.8. The molecular weight excluding hydrogens is 230 g/mol. The van der Waals surface area contributed by atoms with E-state index in [1.807, 2.05) is 0 Å². The Morgan fingerprint density at radius 3 is 2.73 bits per heavy atom. The van der Waals surface area contributed by atoms with E-state index < -0.39 is 0 Å². The molecule has 15 heavy (non-hydrogen) atoms. The molecule has 1 rings (SSSR count). The standard InChI is InChI=1S/C10H17NO2S2/c1-10(2,3)8-5-14-6-9(8)11-7-15-13-12-4/h5-6,11H,7H2,1-4H3. The molecule has 0 radical (unpaired) electrons. The highest BCUT2D eigenvalue weighted by atomic mass is 32.2. The predicted molar refractivity (Wildman–Crippen MR) is 67.2 cm³/mol. The molecule has 0 aromatic carbocycles. The van der Waals surface area contributed by atoms with Gasteiger partial charge in [-0.2, -0.15) is 4.33 Å². The quantitative estimate of drug-likeness (QED) is 0.283. The van der Waals surface area contributed by atoms with Crippen molar-refractivity contribution in [2.45, 2.75) is 26.2 Å². The summed E-state index contributed by atoms with van der Waals surface area (Å²) in [6.45, 7) is 6.62. The Balaban J connectivity index is 2.51. The normalized spacial score (nSPS) is 11.7. The summed E-state index contributed by atoms with van der Waals surface area (Å²) in [5.41, 5.74) is 2.69. The summed E-state index contributed by atoms with van der Waals surface area (Å²) in [6, 6.07) is 0. The molecule has 1 heterocycles. The van der Waals surface area contributed by atoms with Crippen LogP contribution in [0.3, 0.4) is 0 Å². The van der Waals surface area contributed by atoms with Crippen molar-refractivity contribution in [2.24, 2.45) is 0 Å². The highest BCUT2D eigenvalue weighted by Gasteiger charge is 2.18. The van der Waals surface area contributed by atoms with Gasteiger partial charge in [0.15, 0.2) is 0 Å². The van der Waals surface area contributed by atoms with Crippen molar-refractivity contribution in [1.82, 2.24) is 0 Å². The summed E-state index contributed by atoms with van der Waals surface area (Å²) in [4.78, 5) is 4.48. The minimum Gasteiger partial charge on any atom is -0.373 e. The molecule has 3 nitrogen and oxygen atoms in total. The number of hydrogen-bond donors (Lipinski definition) is 1. The van der Waals surface area contributed by atoms with Gasteiger partial charge in [0.2, 0.25) is 0 Å². The van der Waals surface area contributed by atoms with E-state index >= 15 is 0 Å². The molecule has 0 bridgehead atoms. The molecule has 1 N–H and O–H groups in total. The highest BCUT2D eigenvalue weighted by Crippen LogP contribution is 2.32. The van der Waals surface area contributed by atoms with Crippen molar-refractivity contribution in [1.29, 1.82) is 0 Å². The average molecular weight is 247 g/mol. The van der Waals surface area contributed by atoms with Crippen molar-refractivity contribution in [3.05, 3.63) is 16.3 Å². The van der Waals surface area contributed by atoms with Gasteiger partial charge in [-0.15, -0.1) is 11.3 Å². The van der Waals surface area contributed by atoms with Gasteiger partial charge in [-0.1, -0.05) is 20.8 Å². The Kier molecular flexibility index (Phi) is 4.92. The van der Waals surface area contributed by atoms with Gasteiger partial charge in [0, 0.05) is 11.1 Å². The largest absolute Gasteiger partial charge is 0.373 e. The van der Waals surface area contributed by atoms with Crippen LogP contribution in [0.5, 0.6) is 0 Å². The molecule has 0 aliphatic rings. The topological polar surface area (TPSA) is 30.5 Å². The SMILES string of the molecule is COOSCNc1cscc1C(C)(C)C. The Hall–Kier alpha value is -0.230. The third kappa shape index (κ3) is 4.03. The molecule has 0 aliphatic heterocycles. The Morgan fingerprint density at radius 1 is 1.40 bits per heavy atom. The first-order valence-corrected chi connectivity index (χ1v) is 6.54. The summed E-state index contributed by atoms with van der Waals surface area (Å²) in [5, 5.41) is 7.61. The molecular formula is C10H17NO2S2. The van der Waals surface area contributed by atoms with Gasteiger partial charge in [0.1, 0.15) is 0 Å². The number of nitrogens with one attached hydrogen (secondary N) is 1. The minimum atomic E-state index is 0.176. The summed E-state index contributed by atoms with van der Waals surface area (Å²) >= 11 is 2.96. The van der Waals surface area contributed by atoms with Gasteiger partial charge >= 0.3 is 0 Å². The lowest BCUT2D eigenvalue weighted by atomic mass is 9.88. The lowest BCUT2D eigenvalue weighted by Crippen LogP contribution is -2.13. The maximum atomic E-state index is 4.71. The molecule has 0 atom stereocenters.